The Morgan fingerprint density at radius 1 is 1.27 bits per heavy atom. The molecule has 0 aliphatic carbocycles. The Kier molecular flexibility index (Phi) is 3.39. The molecule has 1 heteroatoms. The molecule has 2 rings (SSSR count). The summed E-state index contributed by atoms with van der Waals surface area (Å²) in [5.41, 5.74) is 0.575. The van der Waals surface area contributed by atoms with E-state index in [1.54, 1.807) is 0 Å². The van der Waals surface area contributed by atoms with E-state index in [0.29, 0.717) is 5.41 Å². The summed E-state index contributed by atoms with van der Waals surface area (Å²) in [6.07, 6.45) is 8.61. The molecule has 2 aliphatic rings. The molecule has 88 valence electrons. The van der Waals surface area contributed by atoms with Gasteiger partial charge in [-0.25, -0.2) is 0 Å². The van der Waals surface area contributed by atoms with Crippen molar-refractivity contribution in [3.63, 3.8) is 0 Å². The van der Waals surface area contributed by atoms with Crippen LogP contribution >= 0.6 is 0 Å². The number of rotatable bonds is 3. The molecular formula is C14H27N. The lowest BCUT2D eigenvalue weighted by Crippen LogP contribution is -2.34. The quantitative estimate of drug-likeness (QED) is 0.685. The van der Waals surface area contributed by atoms with Crippen LogP contribution in [0.1, 0.15) is 59.3 Å². The van der Waals surface area contributed by atoms with Crippen molar-refractivity contribution in [2.45, 2.75) is 65.3 Å². The predicted octanol–water partition coefficient (Wildman–Crippen LogP) is 3.69. The van der Waals surface area contributed by atoms with E-state index in [1.165, 1.54) is 51.6 Å². The van der Waals surface area contributed by atoms with Gasteiger partial charge in [0.15, 0.2) is 0 Å². The SMILES string of the molecule is CCCC(C)(C)C1CC2CCCCN2C1. The average Bonchev–Trinajstić information content (AvgIpc) is 2.61. The van der Waals surface area contributed by atoms with Crippen molar-refractivity contribution in [2.24, 2.45) is 11.3 Å². The first-order valence-electron chi connectivity index (χ1n) is 6.87. The summed E-state index contributed by atoms with van der Waals surface area (Å²) in [6.45, 7) is 10.1. The highest BCUT2D eigenvalue weighted by atomic mass is 15.2. The van der Waals surface area contributed by atoms with Crippen molar-refractivity contribution in [1.29, 1.82) is 0 Å². The molecule has 0 amide bonds. The van der Waals surface area contributed by atoms with E-state index < -0.39 is 0 Å². The molecule has 2 atom stereocenters. The molecule has 0 saturated carbocycles. The first kappa shape index (κ1) is 11.4. The predicted molar refractivity (Wildman–Crippen MR) is 66.0 cm³/mol. The Morgan fingerprint density at radius 2 is 2.07 bits per heavy atom. The highest BCUT2D eigenvalue weighted by Gasteiger charge is 2.40. The molecule has 0 aromatic carbocycles. The number of hydrogen-bond acceptors (Lipinski definition) is 1. The summed E-state index contributed by atoms with van der Waals surface area (Å²) < 4.78 is 0. The monoisotopic (exact) mass is 209 g/mol. The highest BCUT2D eigenvalue weighted by molar-refractivity contribution is 4.93. The van der Waals surface area contributed by atoms with Gasteiger partial charge in [-0.15, -0.1) is 0 Å². The van der Waals surface area contributed by atoms with Crippen LogP contribution in [0.15, 0.2) is 0 Å². The van der Waals surface area contributed by atoms with E-state index in [4.69, 9.17) is 0 Å². The summed E-state index contributed by atoms with van der Waals surface area (Å²) >= 11 is 0. The van der Waals surface area contributed by atoms with E-state index in [9.17, 15) is 0 Å². The molecule has 0 aromatic rings. The lowest BCUT2D eigenvalue weighted by atomic mass is 9.74. The van der Waals surface area contributed by atoms with Crippen LogP contribution in [0.25, 0.3) is 0 Å². The lowest BCUT2D eigenvalue weighted by Gasteiger charge is -2.31. The molecule has 2 aliphatic heterocycles. The van der Waals surface area contributed by atoms with Gasteiger partial charge in [0.2, 0.25) is 0 Å². The number of hydrogen-bond donors (Lipinski definition) is 0. The summed E-state index contributed by atoms with van der Waals surface area (Å²) in [6, 6.07) is 0.944. The third-order valence-corrected chi connectivity index (χ3v) is 4.76. The van der Waals surface area contributed by atoms with Gasteiger partial charge in [-0.05, 0) is 43.6 Å². The molecule has 2 fully saturated rings. The minimum absolute atomic E-state index is 0.575. The van der Waals surface area contributed by atoms with Gasteiger partial charge in [0.1, 0.15) is 0 Å². The van der Waals surface area contributed by atoms with Gasteiger partial charge in [-0.3, -0.25) is 0 Å². The normalized spacial score (nSPS) is 33.0. The first-order valence-corrected chi connectivity index (χ1v) is 6.87. The number of piperidine rings is 1. The molecule has 15 heavy (non-hydrogen) atoms. The number of nitrogens with zero attached hydrogens (tertiary/aromatic N) is 1. The Balaban J connectivity index is 1.95. The van der Waals surface area contributed by atoms with Gasteiger partial charge in [0, 0.05) is 12.6 Å². The second-order valence-corrected chi connectivity index (χ2v) is 6.32. The second kappa shape index (κ2) is 4.45. The van der Waals surface area contributed by atoms with Gasteiger partial charge < -0.3 is 4.90 Å². The lowest BCUT2D eigenvalue weighted by molar-refractivity contribution is 0.174. The van der Waals surface area contributed by atoms with Crippen LogP contribution in [0.5, 0.6) is 0 Å². The van der Waals surface area contributed by atoms with Crippen LogP contribution in [-0.2, 0) is 0 Å². The second-order valence-electron chi connectivity index (χ2n) is 6.32. The Hall–Kier alpha value is -0.0400. The Morgan fingerprint density at radius 3 is 2.73 bits per heavy atom. The first-order chi connectivity index (χ1) is 7.13. The van der Waals surface area contributed by atoms with Crippen molar-refractivity contribution < 1.29 is 0 Å². The van der Waals surface area contributed by atoms with Crippen molar-refractivity contribution in [3.05, 3.63) is 0 Å². The van der Waals surface area contributed by atoms with E-state index >= 15 is 0 Å². The molecule has 0 N–H and O–H groups in total. The van der Waals surface area contributed by atoms with Gasteiger partial charge in [0.05, 0.1) is 0 Å². The van der Waals surface area contributed by atoms with E-state index in [1.807, 2.05) is 0 Å². The summed E-state index contributed by atoms with van der Waals surface area (Å²) in [4.78, 5) is 2.77. The third kappa shape index (κ3) is 2.38. The van der Waals surface area contributed by atoms with Crippen LogP contribution in [0.3, 0.4) is 0 Å². The molecule has 2 heterocycles. The fourth-order valence-corrected chi connectivity index (χ4v) is 3.67. The Bertz CT molecular complexity index is 195. The van der Waals surface area contributed by atoms with E-state index in [0.717, 1.165) is 12.0 Å². The van der Waals surface area contributed by atoms with Gasteiger partial charge in [0.25, 0.3) is 0 Å². The zero-order valence-electron chi connectivity index (χ0n) is 10.8. The minimum Gasteiger partial charge on any atom is -0.300 e. The maximum Gasteiger partial charge on any atom is 0.00987 e. The summed E-state index contributed by atoms with van der Waals surface area (Å²) in [7, 11) is 0. The topological polar surface area (TPSA) is 3.24 Å². The van der Waals surface area contributed by atoms with Gasteiger partial charge in [-0.1, -0.05) is 33.6 Å². The van der Waals surface area contributed by atoms with Gasteiger partial charge in [-0.2, -0.15) is 0 Å². The van der Waals surface area contributed by atoms with Crippen LogP contribution in [0.2, 0.25) is 0 Å². The molecule has 1 nitrogen and oxygen atoms in total. The highest BCUT2D eigenvalue weighted by Crippen LogP contribution is 2.42. The molecule has 0 spiro atoms. The zero-order chi connectivity index (χ0) is 10.9. The summed E-state index contributed by atoms with van der Waals surface area (Å²) in [5.74, 6) is 0.959. The van der Waals surface area contributed by atoms with Crippen molar-refractivity contribution in [2.75, 3.05) is 13.1 Å². The molecule has 2 saturated heterocycles. The van der Waals surface area contributed by atoms with Crippen LogP contribution in [0, 0.1) is 11.3 Å². The molecular weight excluding hydrogens is 182 g/mol. The largest absolute Gasteiger partial charge is 0.300 e. The van der Waals surface area contributed by atoms with Crippen molar-refractivity contribution >= 4 is 0 Å². The van der Waals surface area contributed by atoms with Crippen LogP contribution in [0.4, 0.5) is 0 Å². The Labute approximate surface area is 95.2 Å². The molecule has 0 radical (unpaired) electrons. The van der Waals surface area contributed by atoms with Crippen molar-refractivity contribution in [3.8, 4) is 0 Å². The third-order valence-electron chi connectivity index (χ3n) is 4.76. The fraction of sp³-hybridized carbons (Fsp3) is 1.00. The molecule has 0 aromatic heterocycles. The summed E-state index contributed by atoms with van der Waals surface area (Å²) in [5, 5.41) is 0. The maximum atomic E-state index is 2.77. The minimum atomic E-state index is 0.575. The van der Waals surface area contributed by atoms with Gasteiger partial charge >= 0.3 is 0 Å². The van der Waals surface area contributed by atoms with E-state index in [-0.39, 0.29) is 0 Å². The van der Waals surface area contributed by atoms with Crippen molar-refractivity contribution in [1.82, 2.24) is 4.90 Å². The zero-order valence-corrected chi connectivity index (χ0v) is 10.8. The smallest absolute Gasteiger partial charge is 0.00987 e. The van der Waals surface area contributed by atoms with E-state index in [2.05, 4.69) is 25.7 Å². The molecule has 2 unspecified atom stereocenters. The average molecular weight is 209 g/mol. The van der Waals surface area contributed by atoms with Crippen LogP contribution < -0.4 is 0 Å². The standard InChI is InChI=1S/C14H27N/c1-4-8-14(2,3)12-10-13-7-5-6-9-15(13)11-12/h12-13H,4-11H2,1-3H3. The fourth-order valence-electron chi connectivity index (χ4n) is 3.67. The van der Waals surface area contributed by atoms with Crippen LogP contribution in [-0.4, -0.2) is 24.0 Å². The number of fused-ring (bicyclic) bond motifs is 1. The molecule has 0 bridgehead atoms. The maximum absolute atomic E-state index is 2.77.